The van der Waals surface area contributed by atoms with Crippen molar-refractivity contribution in [2.24, 2.45) is 0 Å². The lowest BCUT2D eigenvalue weighted by atomic mass is 10.0. The van der Waals surface area contributed by atoms with Gasteiger partial charge in [0.25, 0.3) is 11.8 Å². The quantitative estimate of drug-likeness (QED) is 0.222. The minimum Gasteiger partial charge on any atom is -0.479 e. The summed E-state index contributed by atoms with van der Waals surface area (Å²) >= 11 is 1.15. The number of ether oxygens (including phenoxy) is 2. The number of thioether (sulfide) groups is 1. The monoisotopic (exact) mass is 544 g/mol. The number of amides is 2. The molecule has 0 unspecified atom stereocenters. The molecule has 0 spiro atoms. The van der Waals surface area contributed by atoms with E-state index in [-0.39, 0.29) is 41.2 Å². The number of β-lactam (4-membered cyclic amide) rings is 1. The van der Waals surface area contributed by atoms with Crippen LogP contribution in [0, 0.1) is 23.3 Å². The van der Waals surface area contributed by atoms with Crippen molar-refractivity contribution in [3.63, 3.8) is 0 Å². The predicted molar refractivity (Wildman–Crippen MR) is 115 cm³/mol. The first-order valence-corrected chi connectivity index (χ1v) is 11.4. The highest BCUT2D eigenvalue weighted by Crippen LogP contribution is 2.40. The molecule has 2 atom stereocenters. The second-order valence-electron chi connectivity index (χ2n) is 7.75. The second kappa shape index (κ2) is 10.2. The van der Waals surface area contributed by atoms with E-state index in [0.717, 1.165) is 23.6 Å². The van der Waals surface area contributed by atoms with E-state index in [1.807, 2.05) is 0 Å². The number of hydrogen-bond acceptors (Lipinski definition) is 8. The van der Waals surface area contributed by atoms with Crippen LogP contribution in [0.2, 0.25) is 0 Å². The number of carbonyl (C=O) groups is 4. The molecule has 37 heavy (non-hydrogen) atoms. The van der Waals surface area contributed by atoms with Crippen LogP contribution in [0.3, 0.4) is 0 Å². The fourth-order valence-electron chi connectivity index (χ4n) is 3.59. The Morgan fingerprint density at radius 1 is 1.16 bits per heavy atom. The average molecular weight is 544 g/mol. The number of aliphatic carboxylic acids is 1. The highest BCUT2D eigenvalue weighted by atomic mass is 32.2. The van der Waals surface area contributed by atoms with Crippen molar-refractivity contribution >= 4 is 35.5 Å². The summed E-state index contributed by atoms with van der Waals surface area (Å²) in [5.41, 5.74) is -0.102. The van der Waals surface area contributed by atoms with Gasteiger partial charge in [-0.2, -0.15) is 8.78 Å². The van der Waals surface area contributed by atoms with Crippen molar-refractivity contribution in [1.29, 1.82) is 0 Å². The van der Waals surface area contributed by atoms with Crippen LogP contribution in [0.4, 0.5) is 17.6 Å². The maximum absolute atomic E-state index is 13.7. The summed E-state index contributed by atoms with van der Waals surface area (Å²) in [5, 5.41) is 11.2. The summed E-state index contributed by atoms with van der Waals surface area (Å²) in [5.74, 6) is -12.0. The SMILES string of the molecule is CC(=O)OCC1=C(C(=O)O)N2C(=O)[C@@H](NC(=O)c3ccc(COc4c(F)c(F)cc(F)c4F)o3)[C@H]2SC1. The number of nitrogens with one attached hydrogen (secondary N) is 1. The molecular weight excluding hydrogens is 528 g/mol. The van der Waals surface area contributed by atoms with Gasteiger partial charge in [-0.3, -0.25) is 19.3 Å². The van der Waals surface area contributed by atoms with Crippen LogP contribution in [0.5, 0.6) is 5.75 Å². The zero-order valence-electron chi connectivity index (χ0n) is 18.7. The lowest BCUT2D eigenvalue weighted by Gasteiger charge is -2.49. The Balaban J connectivity index is 1.41. The molecule has 2 aliphatic rings. The number of carboxylic acid groups (broad SMARTS) is 1. The molecule has 2 aromatic rings. The van der Waals surface area contributed by atoms with E-state index in [1.165, 1.54) is 12.1 Å². The third kappa shape index (κ3) is 4.98. The van der Waals surface area contributed by atoms with Crippen LogP contribution in [-0.2, 0) is 25.7 Å². The van der Waals surface area contributed by atoms with Crippen LogP contribution in [-0.4, -0.2) is 57.5 Å². The number of fused-ring (bicyclic) bond motifs is 1. The van der Waals surface area contributed by atoms with Crippen LogP contribution in [0.15, 0.2) is 33.9 Å². The van der Waals surface area contributed by atoms with Crippen molar-refractivity contribution in [1.82, 2.24) is 10.2 Å². The summed E-state index contributed by atoms with van der Waals surface area (Å²) in [6.07, 6.45) is 0. The van der Waals surface area contributed by atoms with E-state index in [4.69, 9.17) is 13.9 Å². The molecule has 2 amide bonds. The Morgan fingerprint density at radius 3 is 2.46 bits per heavy atom. The molecule has 2 aliphatic heterocycles. The Kier molecular flexibility index (Phi) is 7.16. The molecule has 1 fully saturated rings. The summed E-state index contributed by atoms with van der Waals surface area (Å²) in [4.78, 5) is 49.0. The fraction of sp³-hybridized carbons (Fsp3) is 0.273. The average Bonchev–Trinajstić information content (AvgIpc) is 3.33. The minimum atomic E-state index is -1.74. The van der Waals surface area contributed by atoms with Crippen molar-refractivity contribution in [3.05, 3.63) is 64.3 Å². The van der Waals surface area contributed by atoms with Crippen molar-refractivity contribution in [2.45, 2.75) is 24.9 Å². The summed E-state index contributed by atoms with van der Waals surface area (Å²) in [7, 11) is 0. The molecule has 0 bridgehead atoms. The van der Waals surface area contributed by atoms with Gasteiger partial charge in [-0.25, -0.2) is 13.6 Å². The second-order valence-corrected chi connectivity index (χ2v) is 8.86. The molecule has 1 aromatic heterocycles. The molecule has 2 N–H and O–H groups in total. The number of halogens is 4. The van der Waals surface area contributed by atoms with Gasteiger partial charge >= 0.3 is 11.9 Å². The Morgan fingerprint density at radius 2 is 1.84 bits per heavy atom. The van der Waals surface area contributed by atoms with E-state index in [0.29, 0.717) is 0 Å². The van der Waals surface area contributed by atoms with Gasteiger partial charge in [0.05, 0.1) is 0 Å². The zero-order chi connectivity index (χ0) is 27.0. The molecule has 1 aromatic carbocycles. The molecular formula is C22H16F4N2O8S. The van der Waals surface area contributed by atoms with Gasteiger partial charge in [0.2, 0.25) is 11.6 Å². The molecule has 3 heterocycles. The first-order chi connectivity index (χ1) is 17.5. The molecule has 0 aliphatic carbocycles. The molecule has 4 rings (SSSR count). The smallest absolute Gasteiger partial charge is 0.352 e. The molecule has 196 valence electrons. The number of carbonyl (C=O) groups excluding carboxylic acids is 3. The van der Waals surface area contributed by atoms with Gasteiger partial charge in [0.1, 0.15) is 36.1 Å². The van der Waals surface area contributed by atoms with Crippen LogP contribution in [0.1, 0.15) is 23.2 Å². The largest absolute Gasteiger partial charge is 0.479 e. The number of nitrogens with zero attached hydrogens (tertiary/aromatic N) is 1. The van der Waals surface area contributed by atoms with Crippen molar-refractivity contribution in [2.75, 3.05) is 12.4 Å². The van der Waals surface area contributed by atoms with E-state index in [1.54, 1.807) is 0 Å². The minimum absolute atomic E-state index is 0.0241. The van der Waals surface area contributed by atoms with Crippen LogP contribution in [0.25, 0.3) is 0 Å². The van der Waals surface area contributed by atoms with E-state index >= 15 is 0 Å². The molecule has 1 saturated heterocycles. The summed E-state index contributed by atoms with van der Waals surface area (Å²) in [6.45, 7) is 0.172. The van der Waals surface area contributed by atoms with Gasteiger partial charge in [0.15, 0.2) is 23.1 Å². The highest BCUT2D eigenvalue weighted by Gasteiger charge is 2.54. The van der Waals surface area contributed by atoms with Gasteiger partial charge in [-0.05, 0) is 12.1 Å². The lowest BCUT2D eigenvalue weighted by Crippen LogP contribution is -2.70. The number of furan rings is 1. The molecule has 0 saturated carbocycles. The maximum Gasteiger partial charge on any atom is 0.352 e. The van der Waals surface area contributed by atoms with Gasteiger partial charge in [-0.15, -0.1) is 11.8 Å². The number of hydrogen-bond donors (Lipinski definition) is 2. The van der Waals surface area contributed by atoms with Crippen LogP contribution >= 0.6 is 11.8 Å². The predicted octanol–water partition coefficient (Wildman–Crippen LogP) is 2.33. The Bertz CT molecular complexity index is 1320. The fourth-order valence-corrected chi connectivity index (χ4v) is 4.92. The maximum atomic E-state index is 13.7. The van der Waals surface area contributed by atoms with E-state index < -0.39 is 70.8 Å². The third-order valence-corrected chi connectivity index (χ3v) is 6.64. The van der Waals surface area contributed by atoms with E-state index in [9.17, 15) is 41.8 Å². The number of esters is 1. The van der Waals surface area contributed by atoms with Crippen molar-refractivity contribution in [3.8, 4) is 5.75 Å². The number of rotatable bonds is 8. The third-order valence-electron chi connectivity index (χ3n) is 5.30. The number of benzene rings is 1. The standard InChI is InChI=1S/C22H16F4N2O8S/c1-8(29)34-5-9-7-37-21-16(20(31)28(21)17(9)22(32)33)27-19(30)13-3-2-10(36-13)6-35-18-14(25)11(23)4-12(24)15(18)26/h2-4,16,21H,5-7H2,1H3,(H,27,30)(H,32,33)/t16-,21-/m1/s1. The lowest BCUT2D eigenvalue weighted by molar-refractivity contribution is -0.149. The van der Waals surface area contributed by atoms with Crippen LogP contribution < -0.4 is 10.1 Å². The number of carboxylic acids is 1. The van der Waals surface area contributed by atoms with E-state index in [2.05, 4.69) is 5.32 Å². The molecule has 0 radical (unpaired) electrons. The van der Waals surface area contributed by atoms with Crippen molar-refractivity contribution < 1.29 is 55.7 Å². The first kappa shape index (κ1) is 26.1. The normalized spacial score (nSPS) is 18.7. The Hall–Kier alpha value is -4.01. The topological polar surface area (TPSA) is 135 Å². The summed E-state index contributed by atoms with van der Waals surface area (Å²) in [6, 6.07) is 1.31. The zero-order valence-corrected chi connectivity index (χ0v) is 19.5. The van der Waals surface area contributed by atoms with Gasteiger partial charge in [0, 0.05) is 24.3 Å². The van der Waals surface area contributed by atoms with Gasteiger partial charge in [-0.1, -0.05) is 0 Å². The van der Waals surface area contributed by atoms with Gasteiger partial charge < -0.3 is 24.3 Å². The summed E-state index contributed by atoms with van der Waals surface area (Å²) < 4.78 is 68.9. The molecule has 15 heteroatoms. The Labute approximate surface area is 209 Å². The first-order valence-electron chi connectivity index (χ1n) is 10.4. The molecule has 10 nitrogen and oxygen atoms in total. The highest BCUT2D eigenvalue weighted by molar-refractivity contribution is 8.00.